The summed E-state index contributed by atoms with van der Waals surface area (Å²) >= 11 is 0. The summed E-state index contributed by atoms with van der Waals surface area (Å²) in [6.07, 6.45) is 71.7. The normalized spacial score (nSPS) is 13.7. The fraction of sp³-hybridized carbons (Fsp3) is 0.779. The first kappa shape index (κ1) is 76.9. The number of aliphatic hydroxyl groups is 1. The van der Waals surface area contributed by atoms with Gasteiger partial charge in [-0.15, -0.1) is 0 Å². The Kier molecular flexibility index (Phi) is 59.6. The highest BCUT2D eigenvalue weighted by Gasteiger charge is 2.28. The van der Waals surface area contributed by atoms with E-state index < -0.39 is 57.8 Å². The zero-order chi connectivity index (χ0) is 58.3. The van der Waals surface area contributed by atoms with Gasteiger partial charge in [-0.1, -0.05) is 286 Å². The van der Waals surface area contributed by atoms with Crippen molar-refractivity contribution in [2.45, 2.75) is 315 Å². The van der Waals surface area contributed by atoms with Crippen molar-refractivity contribution in [2.75, 3.05) is 26.4 Å². The van der Waals surface area contributed by atoms with Crippen LogP contribution in [-0.2, 0) is 42.2 Å². The Bertz CT molecular complexity index is 1620. The number of allylic oxidation sites excluding steroid dienone is 11. The van der Waals surface area contributed by atoms with Crippen LogP contribution in [0.3, 0.4) is 0 Å². The SMILES string of the molecule is CC/C=C\C/C=C\C/C=C\C/C=C\C/C=C\CC(=O)OC(CO)COP(=O)(O)OCC(COC(=O)CCCCCCCCCCCCCCCCCCCCC)OC(=O)CCCCCCCCCCC/C=C\CCCCCCCC. The molecule has 80 heavy (non-hydrogen) atoms. The minimum Gasteiger partial charge on any atom is -0.462 e. The molecule has 0 aromatic rings. The number of unbranched alkanes of at least 4 members (excludes halogenated alkanes) is 33. The Balaban J connectivity index is 4.74. The number of carbonyl (C=O) groups is 3. The molecule has 3 unspecified atom stereocenters. The second-order valence-electron chi connectivity index (χ2n) is 21.9. The number of esters is 3. The van der Waals surface area contributed by atoms with Crippen molar-refractivity contribution in [1.82, 2.24) is 0 Å². The molecule has 0 aliphatic carbocycles. The van der Waals surface area contributed by atoms with Crippen molar-refractivity contribution in [2.24, 2.45) is 0 Å². The summed E-state index contributed by atoms with van der Waals surface area (Å²) in [5, 5.41) is 9.82. The van der Waals surface area contributed by atoms with Gasteiger partial charge in [-0.05, 0) is 70.6 Å². The number of hydrogen-bond acceptors (Lipinski definition) is 10. The first-order valence-electron chi connectivity index (χ1n) is 32.8. The van der Waals surface area contributed by atoms with Gasteiger partial charge in [0.25, 0.3) is 0 Å². The second-order valence-corrected chi connectivity index (χ2v) is 23.4. The quantitative estimate of drug-likeness (QED) is 0.0197. The highest BCUT2D eigenvalue weighted by atomic mass is 31.2. The van der Waals surface area contributed by atoms with E-state index in [1.807, 2.05) is 18.2 Å². The molecule has 0 radical (unpaired) electrons. The Morgan fingerprint density at radius 1 is 0.375 bits per heavy atom. The molecule has 3 atom stereocenters. The van der Waals surface area contributed by atoms with Crippen LogP contribution in [0.2, 0.25) is 0 Å². The van der Waals surface area contributed by atoms with Gasteiger partial charge in [-0.3, -0.25) is 23.4 Å². The molecule has 0 aromatic carbocycles. The highest BCUT2D eigenvalue weighted by molar-refractivity contribution is 7.47. The van der Waals surface area contributed by atoms with Gasteiger partial charge in [0, 0.05) is 12.8 Å². The number of carbonyl (C=O) groups excluding carboxylic acids is 3. The van der Waals surface area contributed by atoms with Crippen molar-refractivity contribution < 1.29 is 52.2 Å². The number of aliphatic hydroxyl groups excluding tert-OH is 1. The third-order valence-electron chi connectivity index (χ3n) is 14.1. The molecule has 0 fully saturated rings. The summed E-state index contributed by atoms with van der Waals surface area (Å²) in [7, 11) is -4.78. The molecule has 0 aromatic heterocycles. The van der Waals surface area contributed by atoms with E-state index in [0.29, 0.717) is 19.3 Å². The molecule has 0 rings (SSSR count). The molecular weight excluding hydrogens is 1020 g/mol. The summed E-state index contributed by atoms with van der Waals surface area (Å²) < 4.78 is 39.6. The molecule has 464 valence electrons. The van der Waals surface area contributed by atoms with Crippen LogP contribution in [0, 0.1) is 0 Å². The van der Waals surface area contributed by atoms with E-state index in [0.717, 1.165) is 64.2 Å². The van der Waals surface area contributed by atoms with Crippen LogP contribution in [0.25, 0.3) is 0 Å². The van der Waals surface area contributed by atoms with Crippen LogP contribution >= 0.6 is 7.82 Å². The highest BCUT2D eigenvalue weighted by Crippen LogP contribution is 2.43. The molecule has 0 amide bonds. The van der Waals surface area contributed by atoms with Crippen LogP contribution in [0.5, 0.6) is 0 Å². The molecule has 0 saturated carbocycles. The number of phosphoric acid groups is 1. The van der Waals surface area contributed by atoms with Crippen LogP contribution < -0.4 is 0 Å². The minimum atomic E-state index is -4.78. The van der Waals surface area contributed by atoms with Gasteiger partial charge in [0.1, 0.15) is 12.7 Å². The van der Waals surface area contributed by atoms with Gasteiger partial charge < -0.3 is 24.2 Å². The summed E-state index contributed by atoms with van der Waals surface area (Å²) in [4.78, 5) is 48.7. The largest absolute Gasteiger partial charge is 0.472 e. The van der Waals surface area contributed by atoms with Crippen molar-refractivity contribution in [3.05, 3.63) is 72.9 Å². The van der Waals surface area contributed by atoms with Crippen LogP contribution in [0.15, 0.2) is 72.9 Å². The van der Waals surface area contributed by atoms with Crippen LogP contribution in [0.1, 0.15) is 303 Å². The lowest BCUT2D eigenvalue weighted by Gasteiger charge is -2.21. The molecule has 0 spiro atoms. The van der Waals surface area contributed by atoms with Crippen molar-refractivity contribution >= 4 is 25.7 Å². The van der Waals surface area contributed by atoms with Gasteiger partial charge in [0.05, 0.1) is 26.2 Å². The summed E-state index contributed by atoms with van der Waals surface area (Å²) in [5.41, 5.74) is 0. The summed E-state index contributed by atoms with van der Waals surface area (Å²) in [6, 6.07) is 0. The fourth-order valence-corrected chi connectivity index (χ4v) is 9.98. The molecule has 12 heteroatoms. The van der Waals surface area contributed by atoms with Gasteiger partial charge in [-0.2, -0.15) is 0 Å². The van der Waals surface area contributed by atoms with E-state index in [2.05, 4.69) is 69.4 Å². The van der Waals surface area contributed by atoms with Crippen LogP contribution in [-0.4, -0.2) is 66.5 Å². The Morgan fingerprint density at radius 2 is 0.700 bits per heavy atom. The standard InChI is InChI=1S/C68H121O11P/c1-4-7-10-13-16-19-22-25-28-30-32-34-37-39-42-45-48-51-54-57-66(70)75-61-65(79-68(72)59-56-53-50-47-44-41-38-35-33-31-29-26-23-20-17-14-11-8-5-2)63-77-80(73,74)76-62-64(60-69)78-67(71)58-55-52-49-46-43-40-36-27-24-21-18-15-12-9-6-3/h9,12,18,21,26-27,29,36,43,46,52,55,64-65,69H,4-8,10-11,13-17,19-20,22-25,28,30-35,37-42,44-45,47-51,53-54,56-63H2,1-3H3,(H,73,74)/b12-9-,21-18-,29-26-,36-27-,46-43-,55-52-. The number of ether oxygens (including phenoxy) is 3. The molecule has 11 nitrogen and oxygen atoms in total. The lowest BCUT2D eigenvalue weighted by atomic mass is 10.0. The van der Waals surface area contributed by atoms with E-state index >= 15 is 0 Å². The third kappa shape index (κ3) is 59.5. The fourth-order valence-electron chi connectivity index (χ4n) is 9.19. The lowest BCUT2D eigenvalue weighted by Crippen LogP contribution is -2.30. The molecule has 0 aliphatic rings. The zero-order valence-electron chi connectivity index (χ0n) is 51.5. The topological polar surface area (TPSA) is 155 Å². The summed E-state index contributed by atoms with van der Waals surface area (Å²) in [6.45, 7) is 4.47. The van der Waals surface area contributed by atoms with E-state index in [4.69, 9.17) is 23.3 Å². The van der Waals surface area contributed by atoms with Crippen molar-refractivity contribution in [3.8, 4) is 0 Å². The average Bonchev–Trinajstić information content (AvgIpc) is 3.45. The predicted molar refractivity (Wildman–Crippen MR) is 335 cm³/mol. The summed E-state index contributed by atoms with van der Waals surface area (Å²) in [5.74, 6) is -1.59. The maximum Gasteiger partial charge on any atom is 0.472 e. The van der Waals surface area contributed by atoms with Gasteiger partial charge in [-0.25, -0.2) is 4.57 Å². The van der Waals surface area contributed by atoms with E-state index in [9.17, 15) is 28.9 Å². The Morgan fingerprint density at radius 3 is 1.09 bits per heavy atom. The Hall–Kier alpha value is -3.08. The smallest absolute Gasteiger partial charge is 0.462 e. The maximum absolute atomic E-state index is 13.0. The molecular formula is C68H121O11P. The minimum absolute atomic E-state index is 0.0551. The zero-order valence-corrected chi connectivity index (χ0v) is 52.4. The first-order chi connectivity index (χ1) is 39.2. The lowest BCUT2D eigenvalue weighted by molar-refractivity contribution is -0.161. The molecule has 2 N–H and O–H groups in total. The number of hydrogen-bond donors (Lipinski definition) is 2. The van der Waals surface area contributed by atoms with Crippen LogP contribution in [0.4, 0.5) is 0 Å². The predicted octanol–water partition coefficient (Wildman–Crippen LogP) is 20.0. The molecule has 0 bridgehead atoms. The van der Waals surface area contributed by atoms with Gasteiger partial charge >= 0.3 is 25.7 Å². The maximum atomic E-state index is 13.0. The Labute approximate surface area is 490 Å². The molecule has 0 saturated heterocycles. The van der Waals surface area contributed by atoms with E-state index in [-0.39, 0.29) is 25.9 Å². The monoisotopic (exact) mass is 1140 g/mol. The van der Waals surface area contributed by atoms with E-state index in [1.165, 1.54) is 180 Å². The van der Waals surface area contributed by atoms with Gasteiger partial charge in [0.2, 0.25) is 0 Å². The molecule has 0 aliphatic heterocycles. The average molecular weight is 1150 g/mol. The third-order valence-corrected chi connectivity index (χ3v) is 15.1. The van der Waals surface area contributed by atoms with Crippen molar-refractivity contribution in [1.29, 1.82) is 0 Å². The molecule has 0 heterocycles. The first-order valence-corrected chi connectivity index (χ1v) is 34.3. The number of rotatable bonds is 61. The van der Waals surface area contributed by atoms with Crippen molar-refractivity contribution in [3.63, 3.8) is 0 Å². The van der Waals surface area contributed by atoms with E-state index in [1.54, 1.807) is 6.08 Å². The number of phosphoric ester groups is 1. The van der Waals surface area contributed by atoms with Gasteiger partial charge in [0.15, 0.2) is 6.10 Å². The second kappa shape index (κ2) is 62.0.